The second-order valence-corrected chi connectivity index (χ2v) is 8.04. The van der Waals surface area contributed by atoms with Gasteiger partial charge in [-0.3, -0.25) is 0 Å². The number of rotatable bonds is 4. The first-order chi connectivity index (χ1) is 12.3. The van der Waals surface area contributed by atoms with E-state index in [0.29, 0.717) is 0 Å². The zero-order valence-electron chi connectivity index (χ0n) is 11.9. The Morgan fingerprint density at radius 2 is 0.630 bits per heavy atom. The lowest BCUT2D eigenvalue weighted by Gasteiger charge is -2.19. The zero-order valence-corrected chi connectivity index (χ0v) is 14.2. The molecule has 27 heavy (non-hydrogen) atoms. The van der Waals surface area contributed by atoms with Gasteiger partial charge in [0.2, 0.25) is 11.6 Å². The molecule has 0 heterocycles. The van der Waals surface area contributed by atoms with Crippen LogP contribution in [0, 0.1) is 58.2 Å². The first kappa shape index (κ1) is 22.0. The van der Waals surface area contributed by atoms with Crippen LogP contribution in [-0.2, 0) is 0 Å². The Labute approximate surface area is 155 Å². The Morgan fingerprint density at radius 3 is 0.852 bits per heavy atom. The van der Waals surface area contributed by atoms with Crippen molar-refractivity contribution in [3.8, 4) is 0 Å². The number of thioether (sulfide) groups is 2. The molecule has 0 saturated carbocycles. The van der Waals surface area contributed by atoms with Crippen molar-refractivity contribution in [1.82, 2.24) is 0 Å². The highest BCUT2D eigenvalue weighted by molar-refractivity contribution is 8.19. The molecule has 2 aromatic rings. The lowest BCUT2D eigenvalue weighted by molar-refractivity contribution is 0.359. The fraction of sp³-hybridized carbons (Fsp3) is 0.0769. The van der Waals surface area contributed by atoms with Crippen molar-refractivity contribution in [1.29, 1.82) is 0 Å². The van der Waals surface area contributed by atoms with Gasteiger partial charge in [0.1, 0.15) is 0 Å². The van der Waals surface area contributed by atoms with Gasteiger partial charge < -0.3 is 0 Å². The van der Waals surface area contributed by atoms with Crippen LogP contribution in [0.15, 0.2) is 9.79 Å². The van der Waals surface area contributed by atoms with Gasteiger partial charge >= 0.3 is 0 Å². The average molecular weight is 465 g/mol. The monoisotopic (exact) mass is 464 g/mol. The lowest BCUT2D eigenvalue weighted by atomic mass is 10.3. The zero-order chi connectivity index (χ0) is 20.8. The summed E-state index contributed by atoms with van der Waals surface area (Å²) in [4.78, 5) is -3.75. The Kier molecular flexibility index (Phi) is 6.17. The third-order valence-electron chi connectivity index (χ3n) is 2.78. The van der Waals surface area contributed by atoms with E-state index in [0.717, 1.165) is 0 Å². The van der Waals surface area contributed by atoms with E-state index in [2.05, 4.69) is 0 Å². The molecule has 0 radical (unpaired) electrons. The summed E-state index contributed by atoms with van der Waals surface area (Å²) < 4.78 is 143. The molecule has 0 fully saturated rings. The van der Waals surface area contributed by atoms with Gasteiger partial charge in [-0.15, -0.1) is 0 Å². The van der Waals surface area contributed by atoms with Gasteiger partial charge in [0.25, 0.3) is 3.79 Å². The second kappa shape index (κ2) is 7.59. The van der Waals surface area contributed by atoms with Gasteiger partial charge in [0, 0.05) is 0 Å². The van der Waals surface area contributed by atoms with Gasteiger partial charge in [-0.05, 0) is 0 Å². The number of alkyl halides is 2. The molecular formula is C13ClF11S2. The normalized spacial score (nSPS) is 12.0. The van der Waals surface area contributed by atoms with Gasteiger partial charge in [-0.1, -0.05) is 35.1 Å². The SMILES string of the molecule is Fc1c(F)c(F)c(SC(F)(Cl)Sc2c(F)c(F)c(F)c(F)c2F)c(F)c1F. The summed E-state index contributed by atoms with van der Waals surface area (Å²) in [5, 5.41) is 0. The molecule has 0 spiro atoms. The summed E-state index contributed by atoms with van der Waals surface area (Å²) in [6, 6.07) is 0. The highest BCUT2D eigenvalue weighted by Gasteiger charge is 2.39. The first-order valence-electron chi connectivity index (χ1n) is 6.08. The molecule has 0 atom stereocenters. The number of hydrogen-bond acceptors (Lipinski definition) is 2. The van der Waals surface area contributed by atoms with Crippen molar-refractivity contribution in [3.05, 3.63) is 58.2 Å². The number of hydrogen-bond donors (Lipinski definition) is 0. The van der Waals surface area contributed by atoms with Crippen molar-refractivity contribution >= 4 is 35.1 Å². The van der Waals surface area contributed by atoms with E-state index in [1.807, 2.05) is 0 Å². The van der Waals surface area contributed by atoms with Crippen LogP contribution in [0.2, 0.25) is 0 Å². The van der Waals surface area contributed by atoms with E-state index in [1.54, 1.807) is 0 Å². The van der Waals surface area contributed by atoms with E-state index >= 15 is 0 Å². The average Bonchev–Trinajstić information content (AvgIpc) is 2.62. The van der Waals surface area contributed by atoms with Gasteiger partial charge in [0.05, 0.1) is 9.79 Å². The van der Waals surface area contributed by atoms with Crippen molar-refractivity contribution < 1.29 is 48.3 Å². The Hall–Kier alpha value is -1.34. The van der Waals surface area contributed by atoms with Crippen molar-refractivity contribution in [2.24, 2.45) is 0 Å². The largest absolute Gasteiger partial charge is 0.285 e. The topological polar surface area (TPSA) is 0 Å². The van der Waals surface area contributed by atoms with E-state index in [9.17, 15) is 48.3 Å². The second-order valence-electron chi connectivity index (χ2n) is 4.47. The van der Waals surface area contributed by atoms with Crippen LogP contribution in [0.5, 0.6) is 0 Å². The van der Waals surface area contributed by atoms with Crippen LogP contribution >= 0.6 is 35.1 Å². The molecule has 0 nitrogen and oxygen atoms in total. The number of halogens is 12. The van der Waals surface area contributed by atoms with Crippen LogP contribution in [0.1, 0.15) is 0 Å². The Bertz CT molecular complexity index is 800. The van der Waals surface area contributed by atoms with E-state index < -0.39 is 95.3 Å². The van der Waals surface area contributed by atoms with E-state index in [4.69, 9.17) is 11.6 Å². The Balaban J connectivity index is 2.49. The standard InChI is InChI=1S/C13ClF11S2/c14-13(25,26-11-7(21)3(17)1(15)4(18)8(11)22)27-12-9(23)5(19)2(16)6(20)10(12)24. The molecule has 0 aliphatic heterocycles. The predicted octanol–water partition coefficient (Wildman–Crippen LogP) is 6.78. The minimum absolute atomic E-state index is 0.943. The lowest BCUT2D eigenvalue weighted by Crippen LogP contribution is -2.11. The Morgan fingerprint density at radius 1 is 0.444 bits per heavy atom. The van der Waals surface area contributed by atoms with Crippen LogP contribution in [0.4, 0.5) is 48.3 Å². The smallest absolute Gasteiger partial charge is 0.202 e. The number of benzene rings is 2. The molecule has 0 amide bonds. The molecule has 14 heteroatoms. The summed E-state index contributed by atoms with van der Waals surface area (Å²) >= 11 is 3.21. The molecule has 2 rings (SSSR count). The summed E-state index contributed by atoms with van der Waals surface area (Å²) in [6.45, 7) is 0. The first-order valence-corrected chi connectivity index (χ1v) is 8.10. The van der Waals surface area contributed by atoms with E-state index in [-0.39, 0.29) is 0 Å². The summed E-state index contributed by atoms with van der Waals surface area (Å²) in [7, 11) is 0. The fourth-order valence-electron chi connectivity index (χ4n) is 1.61. The molecule has 0 N–H and O–H groups in total. The van der Waals surface area contributed by atoms with Crippen molar-refractivity contribution in [2.75, 3.05) is 0 Å². The highest BCUT2D eigenvalue weighted by Crippen LogP contribution is 2.53. The summed E-state index contributed by atoms with van der Waals surface area (Å²) in [5.74, 6) is -25.1. The quantitative estimate of drug-likeness (QED) is 0.122. The summed E-state index contributed by atoms with van der Waals surface area (Å²) in [5.41, 5.74) is 0. The minimum atomic E-state index is -3.84. The summed E-state index contributed by atoms with van der Waals surface area (Å²) in [6.07, 6.45) is 0. The molecule has 0 aromatic heterocycles. The molecule has 0 saturated heterocycles. The molecule has 0 bridgehead atoms. The van der Waals surface area contributed by atoms with Crippen LogP contribution in [0.3, 0.4) is 0 Å². The fourth-order valence-corrected chi connectivity index (χ4v) is 3.93. The molecule has 0 unspecified atom stereocenters. The van der Waals surface area contributed by atoms with E-state index in [1.165, 1.54) is 0 Å². The molecule has 148 valence electrons. The van der Waals surface area contributed by atoms with Gasteiger partial charge in [0.15, 0.2) is 46.5 Å². The third-order valence-corrected chi connectivity index (χ3v) is 5.34. The molecule has 0 aliphatic carbocycles. The van der Waals surface area contributed by atoms with Crippen LogP contribution in [0.25, 0.3) is 0 Å². The third kappa shape index (κ3) is 3.94. The highest BCUT2D eigenvalue weighted by atomic mass is 35.5. The van der Waals surface area contributed by atoms with Crippen LogP contribution in [-0.4, -0.2) is 3.79 Å². The maximum atomic E-state index is 14.3. The molecule has 2 aromatic carbocycles. The molecule has 0 aliphatic rings. The van der Waals surface area contributed by atoms with Crippen molar-refractivity contribution in [3.63, 3.8) is 0 Å². The van der Waals surface area contributed by atoms with Gasteiger partial charge in [-0.25, -0.2) is 48.3 Å². The van der Waals surface area contributed by atoms with Gasteiger partial charge in [-0.2, -0.15) is 0 Å². The van der Waals surface area contributed by atoms with Crippen molar-refractivity contribution in [2.45, 2.75) is 13.6 Å². The predicted molar refractivity (Wildman–Crippen MR) is 73.9 cm³/mol. The molecular weight excluding hydrogens is 465 g/mol. The van der Waals surface area contributed by atoms with Crippen LogP contribution < -0.4 is 0 Å². The maximum Gasteiger partial charge on any atom is 0.285 e. The minimum Gasteiger partial charge on any atom is -0.202 e. The maximum absolute atomic E-state index is 14.3.